The summed E-state index contributed by atoms with van der Waals surface area (Å²) in [7, 11) is 0. The Balaban J connectivity index is 2.78. The number of nitrogens with zero attached hydrogens (tertiary/aromatic N) is 1. The van der Waals surface area contributed by atoms with Crippen molar-refractivity contribution >= 4 is 5.91 Å². The summed E-state index contributed by atoms with van der Waals surface area (Å²) in [5.41, 5.74) is 5.36. The third-order valence-electron chi connectivity index (χ3n) is 3.36. The van der Waals surface area contributed by atoms with Crippen molar-refractivity contribution in [2.45, 2.75) is 26.2 Å². The average molecular weight is 238 g/mol. The van der Waals surface area contributed by atoms with Crippen LogP contribution in [0, 0.1) is 17.8 Å². The van der Waals surface area contributed by atoms with E-state index in [0.717, 1.165) is 6.42 Å². The molecule has 1 amide bonds. The van der Waals surface area contributed by atoms with E-state index in [2.05, 4.69) is 5.92 Å². The first-order valence-corrected chi connectivity index (χ1v) is 6.21. The van der Waals surface area contributed by atoms with Gasteiger partial charge in [-0.05, 0) is 19.3 Å². The summed E-state index contributed by atoms with van der Waals surface area (Å²) in [6.07, 6.45) is 7.62. The molecular formula is C13H22N2O2. The van der Waals surface area contributed by atoms with Gasteiger partial charge in [-0.2, -0.15) is 0 Å². The topological polar surface area (TPSA) is 55.6 Å². The molecule has 0 saturated carbocycles. The standard InChI is InChI=1S/C13H22N2O2/c1-3-7-15(8-4-2)12(16)13(11-14)5-9-17-10-6-13/h1H,4-11,14H2,2H3. The number of nitrogens with two attached hydrogens (primary N) is 1. The van der Waals surface area contributed by atoms with Crippen molar-refractivity contribution in [3.8, 4) is 12.3 Å². The molecule has 0 spiro atoms. The molecule has 0 aliphatic carbocycles. The molecule has 1 saturated heterocycles. The molecule has 96 valence electrons. The first-order valence-electron chi connectivity index (χ1n) is 6.21. The first-order chi connectivity index (χ1) is 8.20. The van der Waals surface area contributed by atoms with Gasteiger partial charge in [0.2, 0.25) is 5.91 Å². The van der Waals surface area contributed by atoms with Crippen LogP contribution in [0.4, 0.5) is 0 Å². The Morgan fingerprint density at radius 3 is 2.65 bits per heavy atom. The SMILES string of the molecule is C#CCN(CCC)C(=O)C1(CN)CCOCC1. The van der Waals surface area contributed by atoms with Crippen molar-refractivity contribution in [1.29, 1.82) is 0 Å². The second-order valence-corrected chi connectivity index (χ2v) is 4.53. The quantitative estimate of drug-likeness (QED) is 0.714. The maximum absolute atomic E-state index is 12.5. The molecule has 0 aromatic rings. The van der Waals surface area contributed by atoms with Gasteiger partial charge in [0.25, 0.3) is 0 Å². The molecule has 1 fully saturated rings. The predicted molar refractivity (Wildman–Crippen MR) is 67.2 cm³/mol. The Labute approximate surface area is 103 Å². The van der Waals surface area contributed by atoms with Crippen LogP contribution in [0.2, 0.25) is 0 Å². The Hall–Kier alpha value is -1.05. The third-order valence-corrected chi connectivity index (χ3v) is 3.36. The van der Waals surface area contributed by atoms with Gasteiger partial charge in [-0.1, -0.05) is 12.8 Å². The highest BCUT2D eigenvalue weighted by atomic mass is 16.5. The van der Waals surface area contributed by atoms with Gasteiger partial charge in [-0.25, -0.2) is 0 Å². The lowest BCUT2D eigenvalue weighted by Crippen LogP contribution is -2.51. The summed E-state index contributed by atoms with van der Waals surface area (Å²) in [4.78, 5) is 14.3. The smallest absolute Gasteiger partial charge is 0.231 e. The fraction of sp³-hybridized carbons (Fsp3) is 0.769. The number of carbonyl (C=O) groups excluding carboxylic acids is 1. The molecule has 4 heteroatoms. The monoisotopic (exact) mass is 238 g/mol. The van der Waals surface area contributed by atoms with Crippen molar-refractivity contribution in [3.05, 3.63) is 0 Å². The van der Waals surface area contributed by atoms with E-state index >= 15 is 0 Å². The second kappa shape index (κ2) is 6.63. The number of hydrogen-bond acceptors (Lipinski definition) is 3. The van der Waals surface area contributed by atoms with E-state index in [9.17, 15) is 4.79 Å². The van der Waals surface area contributed by atoms with Gasteiger partial charge in [0, 0.05) is 26.3 Å². The van der Waals surface area contributed by atoms with Crippen LogP contribution >= 0.6 is 0 Å². The fourth-order valence-corrected chi connectivity index (χ4v) is 2.24. The number of carbonyl (C=O) groups is 1. The highest BCUT2D eigenvalue weighted by Crippen LogP contribution is 2.31. The number of ether oxygens (including phenoxy) is 1. The van der Waals surface area contributed by atoms with Gasteiger partial charge in [-0.3, -0.25) is 4.79 Å². The molecule has 4 nitrogen and oxygen atoms in total. The Kier molecular flexibility index (Phi) is 5.46. The second-order valence-electron chi connectivity index (χ2n) is 4.53. The van der Waals surface area contributed by atoms with Gasteiger partial charge in [0.1, 0.15) is 0 Å². The number of terminal acetylenes is 1. The minimum absolute atomic E-state index is 0.100. The molecule has 1 aliphatic rings. The normalized spacial score (nSPS) is 18.4. The van der Waals surface area contributed by atoms with Crippen LogP contribution in [0.1, 0.15) is 26.2 Å². The summed E-state index contributed by atoms with van der Waals surface area (Å²) in [6.45, 7) is 4.70. The lowest BCUT2D eigenvalue weighted by molar-refractivity contribution is -0.146. The van der Waals surface area contributed by atoms with Crippen LogP contribution < -0.4 is 5.73 Å². The minimum atomic E-state index is -0.454. The maximum Gasteiger partial charge on any atom is 0.231 e. The molecule has 0 unspecified atom stereocenters. The van der Waals surface area contributed by atoms with E-state index in [4.69, 9.17) is 16.9 Å². The van der Waals surface area contributed by atoms with Crippen molar-refractivity contribution in [2.24, 2.45) is 11.1 Å². The van der Waals surface area contributed by atoms with Crippen molar-refractivity contribution < 1.29 is 9.53 Å². The molecule has 0 radical (unpaired) electrons. The minimum Gasteiger partial charge on any atom is -0.381 e. The van der Waals surface area contributed by atoms with Gasteiger partial charge >= 0.3 is 0 Å². The highest BCUT2D eigenvalue weighted by Gasteiger charge is 2.40. The molecule has 1 aliphatic heterocycles. The summed E-state index contributed by atoms with van der Waals surface area (Å²) >= 11 is 0. The van der Waals surface area contributed by atoms with Gasteiger partial charge in [-0.15, -0.1) is 6.42 Å². The summed E-state index contributed by atoms with van der Waals surface area (Å²) < 4.78 is 5.31. The van der Waals surface area contributed by atoms with E-state index in [1.165, 1.54) is 0 Å². The largest absolute Gasteiger partial charge is 0.381 e. The van der Waals surface area contributed by atoms with Crippen molar-refractivity contribution in [3.63, 3.8) is 0 Å². The first kappa shape index (κ1) is 14.0. The van der Waals surface area contributed by atoms with Gasteiger partial charge in [0.05, 0.1) is 12.0 Å². The maximum atomic E-state index is 12.5. The zero-order valence-corrected chi connectivity index (χ0v) is 10.6. The van der Waals surface area contributed by atoms with E-state index < -0.39 is 5.41 Å². The van der Waals surface area contributed by atoms with E-state index in [1.54, 1.807) is 4.90 Å². The molecule has 0 bridgehead atoms. The van der Waals surface area contributed by atoms with Crippen LogP contribution in [0.5, 0.6) is 0 Å². The van der Waals surface area contributed by atoms with Crippen LogP contribution in [-0.2, 0) is 9.53 Å². The Morgan fingerprint density at radius 2 is 2.18 bits per heavy atom. The third kappa shape index (κ3) is 3.21. The molecule has 0 aromatic carbocycles. The number of hydrogen-bond donors (Lipinski definition) is 1. The Bertz CT molecular complexity index is 290. The van der Waals surface area contributed by atoms with Crippen LogP contribution in [0.15, 0.2) is 0 Å². The lowest BCUT2D eigenvalue weighted by Gasteiger charge is -2.38. The average Bonchev–Trinajstić information content (AvgIpc) is 2.38. The van der Waals surface area contributed by atoms with Crippen LogP contribution in [0.3, 0.4) is 0 Å². The molecule has 0 aromatic heterocycles. The molecule has 2 N–H and O–H groups in total. The molecular weight excluding hydrogens is 216 g/mol. The number of amides is 1. The number of rotatable bonds is 5. The fourth-order valence-electron chi connectivity index (χ4n) is 2.24. The van der Waals surface area contributed by atoms with Crippen LogP contribution in [-0.4, -0.2) is 43.7 Å². The lowest BCUT2D eigenvalue weighted by atomic mass is 9.79. The van der Waals surface area contributed by atoms with Crippen molar-refractivity contribution in [2.75, 3.05) is 32.8 Å². The van der Waals surface area contributed by atoms with E-state index in [0.29, 0.717) is 45.7 Å². The summed E-state index contributed by atoms with van der Waals surface area (Å²) in [6, 6.07) is 0. The van der Waals surface area contributed by atoms with E-state index in [-0.39, 0.29) is 5.91 Å². The molecule has 1 heterocycles. The Morgan fingerprint density at radius 1 is 1.53 bits per heavy atom. The van der Waals surface area contributed by atoms with Crippen molar-refractivity contribution in [1.82, 2.24) is 4.90 Å². The molecule has 1 rings (SSSR count). The zero-order chi connectivity index (χ0) is 12.7. The summed E-state index contributed by atoms with van der Waals surface area (Å²) in [5.74, 6) is 2.65. The molecule has 17 heavy (non-hydrogen) atoms. The zero-order valence-electron chi connectivity index (χ0n) is 10.6. The van der Waals surface area contributed by atoms with Crippen LogP contribution in [0.25, 0.3) is 0 Å². The van der Waals surface area contributed by atoms with Gasteiger partial charge in [0.15, 0.2) is 0 Å². The highest BCUT2D eigenvalue weighted by molar-refractivity contribution is 5.83. The molecule has 0 atom stereocenters. The van der Waals surface area contributed by atoms with E-state index in [1.807, 2.05) is 6.92 Å². The predicted octanol–water partition coefficient (Wildman–Crippen LogP) is 0.614. The van der Waals surface area contributed by atoms with Gasteiger partial charge < -0.3 is 15.4 Å². The summed E-state index contributed by atoms with van der Waals surface area (Å²) in [5, 5.41) is 0.